The maximum Gasteiger partial charge on any atom is 0.251 e. The highest BCUT2D eigenvalue weighted by molar-refractivity contribution is 9.10. The molecule has 2 nitrogen and oxygen atoms in total. The summed E-state index contributed by atoms with van der Waals surface area (Å²) in [6.07, 6.45) is 5.67. The van der Waals surface area contributed by atoms with Crippen molar-refractivity contribution >= 4 is 33.4 Å². The second kappa shape index (κ2) is 5.93. The average molecular weight is 301 g/mol. The molecule has 0 spiro atoms. The predicted molar refractivity (Wildman–Crippen MR) is 69.5 cm³/mol. The van der Waals surface area contributed by atoms with Gasteiger partial charge < -0.3 is 5.32 Å². The number of carbonyl (C=O) groups excluding carboxylic acids is 1. The predicted octanol–water partition coefficient (Wildman–Crippen LogP) is 3.24. The zero-order valence-electron chi connectivity index (χ0n) is 8.76. The number of rotatable bonds is 3. The van der Waals surface area contributed by atoms with Crippen LogP contribution in [0.5, 0.6) is 0 Å². The Labute approximate surface area is 109 Å². The summed E-state index contributed by atoms with van der Waals surface area (Å²) in [4.78, 5) is 11.7. The molecule has 1 aromatic carbocycles. The summed E-state index contributed by atoms with van der Waals surface area (Å²) in [6.45, 7) is 1.86. The van der Waals surface area contributed by atoms with E-state index in [1.165, 1.54) is 0 Å². The second-order valence-electron chi connectivity index (χ2n) is 3.41. The van der Waals surface area contributed by atoms with E-state index < -0.39 is 0 Å². The van der Waals surface area contributed by atoms with E-state index in [1.807, 2.05) is 6.92 Å². The van der Waals surface area contributed by atoms with Crippen LogP contribution in [-0.4, -0.2) is 11.9 Å². The third-order valence-electron chi connectivity index (χ3n) is 1.98. The number of hydrogen-bond acceptors (Lipinski definition) is 1. The Morgan fingerprint density at radius 2 is 2.38 bits per heavy atom. The van der Waals surface area contributed by atoms with Crippen LogP contribution in [0.1, 0.15) is 23.7 Å². The van der Waals surface area contributed by atoms with E-state index in [1.54, 1.807) is 18.2 Å². The molecule has 0 heterocycles. The number of benzene rings is 1. The van der Waals surface area contributed by atoms with Crippen LogP contribution in [0.3, 0.4) is 0 Å². The Bertz CT molecular complexity index is 439. The van der Waals surface area contributed by atoms with Crippen LogP contribution in [0, 0.1) is 12.3 Å². The minimum Gasteiger partial charge on any atom is -0.349 e. The van der Waals surface area contributed by atoms with Crippen LogP contribution < -0.4 is 5.32 Å². The lowest BCUT2D eigenvalue weighted by atomic mass is 10.2. The van der Waals surface area contributed by atoms with Crippen LogP contribution in [0.25, 0.3) is 0 Å². The minimum atomic E-state index is -0.169. The van der Waals surface area contributed by atoms with Crippen molar-refractivity contribution in [2.45, 2.75) is 19.4 Å². The first-order valence-electron chi connectivity index (χ1n) is 4.74. The monoisotopic (exact) mass is 299 g/mol. The number of amides is 1. The van der Waals surface area contributed by atoms with Crippen LogP contribution in [0.4, 0.5) is 0 Å². The fourth-order valence-electron chi connectivity index (χ4n) is 1.17. The van der Waals surface area contributed by atoms with E-state index in [9.17, 15) is 4.79 Å². The van der Waals surface area contributed by atoms with Crippen molar-refractivity contribution in [1.82, 2.24) is 5.32 Å². The smallest absolute Gasteiger partial charge is 0.251 e. The molecule has 0 aliphatic rings. The average Bonchev–Trinajstić information content (AvgIpc) is 2.22. The van der Waals surface area contributed by atoms with Gasteiger partial charge in [-0.05, 0) is 41.1 Å². The maximum absolute atomic E-state index is 11.7. The SMILES string of the molecule is C#CCC(C)NC(=O)c1ccc(Br)c(Cl)c1. The molecule has 0 aliphatic carbocycles. The third-order valence-corrected chi connectivity index (χ3v) is 3.22. The summed E-state index contributed by atoms with van der Waals surface area (Å²) in [7, 11) is 0. The lowest BCUT2D eigenvalue weighted by Gasteiger charge is -2.11. The quantitative estimate of drug-likeness (QED) is 0.853. The molecule has 0 aliphatic heterocycles. The van der Waals surface area contributed by atoms with Gasteiger partial charge in [-0.1, -0.05) is 11.6 Å². The van der Waals surface area contributed by atoms with E-state index >= 15 is 0 Å². The van der Waals surface area contributed by atoms with Crippen LogP contribution in [0.2, 0.25) is 5.02 Å². The van der Waals surface area contributed by atoms with Gasteiger partial charge in [-0.3, -0.25) is 4.79 Å². The molecule has 0 saturated heterocycles. The van der Waals surface area contributed by atoms with E-state index in [4.69, 9.17) is 18.0 Å². The fourth-order valence-corrected chi connectivity index (χ4v) is 1.60. The zero-order valence-corrected chi connectivity index (χ0v) is 11.1. The minimum absolute atomic E-state index is 0.0417. The van der Waals surface area contributed by atoms with Gasteiger partial charge in [0, 0.05) is 22.5 Å². The van der Waals surface area contributed by atoms with Crippen molar-refractivity contribution in [3.63, 3.8) is 0 Å². The lowest BCUT2D eigenvalue weighted by Crippen LogP contribution is -2.32. The number of nitrogens with one attached hydrogen (secondary N) is 1. The Kier molecular flexibility index (Phi) is 4.85. The van der Waals surface area contributed by atoms with Crippen molar-refractivity contribution in [3.05, 3.63) is 33.3 Å². The third kappa shape index (κ3) is 3.55. The highest BCUT2D eigenvalue weighted by Crippen LogP contribution is 2.23. The molecule has 1 rings (SSSR count). The zero-order chi connectivity index (χ0) is 12.1. The maximum atomic E-state index is 11.7. The Balaban J connectivity index is 2.74. The molecular weight excluding hydrogens is 289 g/mol. The molecular formula is C12H11BrClNO. The van der Waals surface area contributed by atoms with Crippen molar-refractivity contribution in [2.24, 2.45) is 0 Å². The molecule has 1 unspecified atom stereocenters. The lowest BCUT2D eigenvalue weighted by molar-refractivity contribution is 0.0941. The highest BCUT2D eigenvalue weighted by Gasteiger charge is 2.10. The van der Waals surface area contributed by atoms with Crippen molar-refractivity contribution in [1.29, 1.82) is 0 Å². The van der Waals surface area contributed by atoms with Gasteiger partial charge in [0.25, 0.3) is 5.91 Å². The van der Waals surface area contributed by atoms with Crippen molar-refractivity contribution in [2.75, 3.05) is 0 Å². The summed E-state index contributed by atoms with van der Waals surface area (Å²) in [5.74, 6) is 2.33. The van der Waals surface area contributed by atoms with E-state index in [0.717, 1.165) is 4.47 Å². The first-order valence-corrected chi connectivity index (χ1v) is 5.91. The fraction of sp³-hybridized carbons (Fsp3) is 0.250. The first-order chi connectivity index (χ1) is 7.54. The topological polar surface area (TPSA) is 29.1 Å². The summed E-state index contributed by atoms with van der Waals surface area (Å²) in [6, 6.07) is 5.01. The first kappa shape index (κ1) is 13.1. The Morgan fingerprint density at radius 1 is 1.69 bits per heavy atom. The largest absolute Gasteiger partial charge is 0.349 e. The van der Waals surface area contributed by atoms with Gasteiger partial charge in [-0.2, -0.15) is 0 Å². The highest BCUT2D eigenvalue weighted by atomic mass is 79.9. The molecule has 1 aromatic rings. The molecule has 0 saturated carbocycles. The molecule has 1 amide bonds. The summed E-state index contributed by atoms with van der Waals surface area (Å²) >= 11 is 9.16. The number of hydrogen-bond donors (Lipinski definition) is 1. The summed E-state index contributed by atoms with van der Waals surface area (Å²) < 4.78 is 0.766. The van der Waals surface area contributed by atoms with Crippen molar-refractivity contribution in [3.8, 4) is 12.3 Å². The Morgan fingerprint density at radius 3 is 2.94 bits per heavy atom. The van der Waals surface area contributed by atoms with Gasteiger partial charge in [-0.25, -0.2) is 0 Å². The van der Waals surface area contributed by atoms with E-state index in [0.29, 0.717) is 17.0 Å². The van der Waals surface area contributed by atoms with E-state index in [2.05, 4.69) is 27.2 Å². The van der Waals surface area contributed by atoms with Gasteiger partial charge >= 0.3 is 0 Å². The van der Waals surface area contributed by atoms with Gasteiger partial charge in [0.05, 0.1) is 5.02 Å². The molecule has 0 bridgehead atoms. The number of carbonyl (C=O) groups is 1. The second-order valence-corrected chi connectivity index (χ2v) is 4.67. The Hall–Kier alpha value is -0.980. The summed E-state index contributed by atoms with van der Waals surface area (Å²) in [5.41, 5.74) is 0.525. The molecule has 0 fully saturated rings. The molecule has 4 heteroatoms. The van der Waals surface area contributed by atoms with Gasteiger partial charge in [-0.15, -0.1) is 12.3 Å². The molecule has 0 aromatic heterocycles. The molecule has 1 N–H and O–H groups in total. The number of halogens is 2. The standard InChI is InChI=1S/C12H11BrClNO/c1-3-4-8(2)15-12(16)9-5-6-10(13)11(14)7-9/h1,5-8H,4H2,2H3,(H,15,16). The molecule has 0 radical (unpaired) electrons. The van der Waals surface area contributed by atoms with Crippen LogP contribution in [-0.2, 0) is 0 Å². The number of terminal acetylenes is 1. The molecule has 84 valence electrons. The normalized spacial score (nSPS) is 11.6. The van der Waals surface area contributed by atoms with Crippen molar-refractivity contribution < 1.29 is 4.79 Å². The van der Waals surface area contributed by atoms with Gasteiger partial charge in [0.1, 0.15) is 0 Å². The molecule has 1 atom stereocenters. The van der Waals surface area contributed by atoms with Crippen LogP contribution >= 0.6 is 27.5 Å². The van der Waals surface area contributed by atoms with Gasteiger partial charge in [0.2, 0.25) is 0 Å². The van der Waals surface area contributed by atoms with E-state index in [-0.39, 0.29) is 11.9 Å². The van der Waals surface area contributed by atoms with Crippen LogP contribution in [0.15, 0.2) is 22.7 Å². The molecule has 16 heavy (non-hydrogen) atoms. The summed E-state index contributed by atoms with van der Waals surface area (Å²) in [5, 5.41) is 3.30. The van der Waals surface area contributed by atoms with Gasteiger partial charge in [0.15, 0.2) is 0 Å².